The Labute approximate surface area is 183 Å². The molecule has 0 radical (unpaired) electrons. The van der Waals surface area contributed by atoms with Crippen LogP contribution in [0.15, 0.2) is 56.9 Å². The molecule has 3 aromatic rings. The summed E-state index contributed by atoms with van der Waals surface area (Å²) in [5.41, 5.74) is 1.25. The number of rotatable bonds is 6. The lowest BCUT2D eigenvalue weighted by molar-refractivity contribution is 0.599. The summed E-state index contributed by atoms with van der Waals surface area (Å²) in [6.07, 6.45) is 0. The molecule has 2 aromatic carbocycles. The van der Waals surface area contributed by atoms with Crippen molar-refractivity contribution in [3.8, 4) is 0 Å². The molecule has 0 fully saturated rings. The van der Waals surface area contributed by atoms with Crippen LogP contribution in [0.25, 0.3) is 0 Å². The van der Waals surface area contributed by atoms with Crippen LogP contribution in [-0.2, 0) is 20.0 Å². The highest BCUT2D eigenvalue weighted by Crippen LogP contribution is 2.33. The molecular formula is C18H16Cl2N2O4S3. The van der Waals surface area contributed by atoms with Gasteiger partial charge in [0.1, 0.15) is 4.21 Å². The molecule has 11 heteroatoms. The first kappa shape index (κ1) is 21.9. The van der Waals surface area contributed by atoms with Crippen molar-refractivity contribution in [3.05, 3.63) is 69.0 Å². The number of thiophene rings is 1. The highest BCUT2D eigenvalue weighted by Gasteiger charge is 2.22. The van der Waals surface area contributed by atoms with Gasteiger partial charge in [0.25, 0.3) is 20.0 Å². The van der Waals surface area contributed by atoms with E-state index in [-0.39, 0.29) is 20.5 Å². The fourth-order valence-electron chi connectivity index (χ4n) is 2.45. The highest BCUT2D eigenvalue weighted by atomic mass is 35.5. The zero-order chi connectivity index (χ0) is 21.4. The van der Waals surface area contributed by atoms with Gasteiger partial charge < -0.3 is 0 Å². The van der Waals surface area contributed by atoms with Crippen LogP contribution in [0.2, 0.25) is 10.0 Å². The second kappa shape index (κ2) is 8.16. The van der Waals surface area contributed by atoms with Crippen LogP contribution in [0, 0.1) is 13.8 Å². The summed E-state index contributed by atoms with van der Waals surface area (Å²) in [4.78, 5) is -0.000864. The van der Waals surface area contributed by atoms with Gasteiger partial charge in [-0.25, -0.2) is 16.8 Å². The van der Waals surface area contributed by atoms with Crippen molar-refractivity contribution in [1.82, 2.24) is 0 Å². The molecule has 0 saturated heterocycles. The fourth-order valence-corrected chi connectivity index (χ4v) is 5.95. The number of hydrogen-bond donors (Lipinski definition) is 2. The molecule has 0 spiro atoms. The van der Waals surface area contributed by atoms with Crippen molar-refractivity contribution >= 4 is 66.0 Å². The SMILES string of the molecule is Cc1cc(S(=O)(=O)Nc2cc(C)c(Cl)cc2NS(=O)(=O)c2cccs2)ccc1Cl. The molecule has 154 valence electrons. The lowest BCUT2D eigenvalue weighted by Gasteiger charge is -2.16. The molecule has 29 heavy (non-hydrogen) atoms. The van der Waals surface area contributed by atoms with E-state index >= 15 is 0 Å². The lowest BCUT2D eigenvalue weighted by atomic mass is 10.2. The van der Waals surface area contributed by atoms with E-state index in [1.165, 1.54) is 36.4 Å². The molecule has 2 N–H and O–H groups in total. The number of benzene rings is 2. The molecule has 1 heterocycles. The van der Waals surface area contributed by atoms with Crippen molar-refractivity contribution in [2.75, 3.05) is 9.44 Å². The van der Waals surface area contributed by atoms with Gasteiger partial charge in [0.2, 0.25) is 0 Å². The first-order valence-electron chi connectivity index (χ1n) is 8.15. The summed E-state index contributed by atoms with van der Waals surface area (Å²) in [6, 6.07) is 10.2. The first-order valence-corrected chi connectivity index (χ1v) is 12.8. The van der Waals surface area contributed by atoms with E-state index in [2.05, 4.69) is 9.44 Å². The molecule has 3 rings (SSSR count). The Morgan fingerprint density at radius 3 is 2.03 bits per heavy atom. The Morgan fingerprint density at radius 2 is 1.41 bits per heavy atom. The van der Waals surface area contributed by atoms with Crippen LogP contribution < -0.4 is 9.44 Å². The number of halogens is 2. The third-order valence-corrected chi connectivity index (χ3v) is 8.94. The molecule has 0 saturated carbocycles. The third-order valence-electron chi connectivity index (χ3n) is 3.99. The molecule has 0 bridgehead atoms. The fraction of sp³-hybridized carbons (Fsp3) is 0.111. The molecule has 0 unspecified atom stereocenters. The predicted octanol–water partition coefficient (Wildman–Crippen LogP) is 5.27. The van der Waals surface area contributed by atoms with Crippen molar-refractivity contribution < 1.29 is 16.8 Å². The number of hydrogen-bond acceptors (Lipinski definition) is 5. The number of aryl methyl sites for hydroxylation is 2. The smallest absolute Gasteiger partial charge is 0.271 e. The maximum absolute atomic E-state index is 12.8. The average Bonchev–Trinajstić information content (AvgIpc) is 3.17. The zero-order valence-electron chi connectivity index (χ0n) is 15.2. The molecule has 0 aliphatic carbocycles. The van der Waals surface area contributed by atoms with Gasteiger partial charge >= 0.3 is 0 Å². The van der Waals surface area contributed by atoms with E-state index in [1.54, 1.807) is 25.3 Å². The molecule has 0 amide bonds. The van der Waals surface area contributed by atoms with E-state index in [0.717, 1.165) is 11.3 Å². The van der Waals surface area contributed by atoms with Crippen LogP contribution >= 0.6 is 34.5 Å². The Balaban J connectivity index is 2.03. The number of nitrogens with one attached hydrogen (secondary N) is 2. The first-order chi connectivity index (χ1) is 13.5. The second-order valence-electron chi connectivity index (χ2n) is 6.20. The van der Waals surface area contributed by atoms with E-state index in [9.17, 15) is 16.8 Å². The molecular weight excluding hydrogens is 475 g/mol. The van der Waals surface area contributed by atoms with Crippen LogP contribution in [0.1, 0.15) is 11.1 Å². The van der Waals surface area contributed by atoms with E-state index in [1.807, 2.05) is 0 Å². The van der Waals surface area contributed by atoms with Crippen molar-refractivity contribution in [3.63, 3.8) is 0 Å². The minimum Gasteiger partial charge on any atom is -0.277 e. The molecule has 0 aliphatic rings. The minimum atomic E-state index is -4.00. The Bertz CT molecular complexity index is 1270. The summed E-state index contributed by atoms with van der Waals surface area (Å²) in [5.74, 6) is 0. The van der Waals surface area contributed by atoms with Crippen molar-refractivity contribution in [1.29, 1.82) is 0 Å². The van der Waals surface area contributed by atoms with Gasteiger partial charge in [-0.3, -0.25) is 9.44 Å². The molecule has 0 aliphatic heterocycles. The van der Waals surface area contributed by atoms with E-state index in [0.29, 0.717) is 21.2 Å². The molecule has 6 nitrogen and oxygen atoms in total. The summed E-state index contributed by atoms with van der Waals surface area (Å²) in [6.45, 7) is 3.37. The minimum absolute atomic E-state index is 0.000864. The summed E-state index contributed by atoms with van der Waals surface area (Å²) in [7, 11) is -7.90. The molecule has 0 atom stereocenters. The maximum Gasteiger partial charge on any atom is 0.271 e. The van der Waals surface area contributed by atoms with Crippen molar-refractivity contribution in [2.45, 2.75) is 23.0 Å². The molecule has 1 aromatic heterocycles. The van der Waals surface area contributed by atoms with Crippen LogP contribution in [0.5, 0.6) is 0 Å². The van der Waals surface area contributed by atoms with E-state index in [4.69, 9.17) is 23.2 Å². The predicted molar refractivity (Wildman–Crippen MR) is 118 cm³/mol. The Hall–Kier alpha value is -1.78. The second-order valence-corrected chi connectivity index (χ2v) is 11.6. The van der Waals surface area contributed by atoms with Crippen molar-refractivity contribution in [2.24, 2.45) is 0 Å². The number of sulfonamides is 2. The van der Waals surface area contributed by atoms with Gasteiger partial charge in [-0.05, 0) is 66.8 Å². The standard InChI is InChI=1S/C18H16Cl2N2O4S3/c1-11-8-13(5-6-14(11)19)28(23,24)21-16-9-12(2)15(20)10-17(16)22-29(25,26)18-4-3-7-27-18/h3-10,21-22H,1-2H3. The number of anilines is 2. The Morgan fingerprint density at radius 1 is 0.793 bits per heavy atom. The Kier molecular flexibility index (Phi) is 6.16. The average molecular weight is 491 g/mol. The normalized spacial score (nSPS) is 12.0. The largest absolute Gasteiger partial charge is 0.277 e. The van der Waals surface area contributed by atoms with Gasteiger partial charge in [0.05, 0.1) is 16.3 Å². The third kappa shape index (κ3) is 4.87. The van der Waals surface area contributed by atoms with E-state index < -0.39 is 20.0 Å². The highest BCUT2D eigenvalue weighted by molar-refractivity contribution is 7.94. The summed E-state index contributed by atoms with van der Waals surface area (Å²) >= 11 is 13.2. The lowest BCUT2D eigenvalue weighted by Crippen LogP contribution is -2.17. The summed E-state index contributed by atoms with van der Waals surface area (Å²) in [5, 5.41) is 2.36. The van der Waals surface area contributed by atoms with Gasteiger partial charge in [-0.15, -0.1) is 11.3 Å². The van der Waals surface area contributed by atoms with Gasteiger partial charge in [0, 0.05) is 10.0 Å². The topological polar surface area (TPSA) is 92.3 Å². The van der Waals surface area contributed by atoms with Crippen LogP contribution in [0.4, 0.5) is 11.4 Å². The van der Waals surface area contributed by atoms with Gasteiger partial charge in [0.15, 0.2) is 0 Å². The van der Waals surface area contributed by atoms with Crippen LogP contribution in [-0.4, -0.2) is 16.8 Å². The maximum atomic E-state index is 12.8. The van der Waals surface area contributed by atoms with Crippen LogP contribution in [0.3, 0.4) is 0 Å². The van der Waals surface area contributed by atoms with Gasteiger partial charge in [-0.1, -0.05) is 29.3 Å². The monoisotopic (exact) mass is 490 g/mol. The zero-order valence-corrected chi connectivity index (χ0v) is 19.2. The summed E-state index contributed by atoms with van der Waals surface area (Å²) < 4.78 is 55.8. The van der Waals surface area contributed by atoms with Gasteiger partial charge in [-0.2, -0.15) is 0 Å². The quantitative estimate of drug-likeness (QED) is 0.491.